The standard InChI is InChI=1S/C16H21NO2/c1-15(2)12-17(10-11-19-15)14(18)16(8-9-16)13-6-4-3-5-7-13/h3-7H,8-12H2,1-2H3. The SMILES string of the molecule is CC1(C)CN(C(=O)C2(c3ccccc3)CC2)CCO1. The van der Waals surface area contributed by atoms with Crippen molar-refractivity contribution < 1.29 is 9.53 Å². The minimum atomic E-state index is -0.241. The maximum Gasteiger partial charge on any atom is 0.233 e. The number of hydrogen-bond donors (Lipinski definition) is 0. The lowest BCUT2D eigenvalue weighted by Gasteiger charge is -2.39. The molecular formula is C16H21NO2. The van der Waals surface area contributed by atoms with E-state index in [-0.39, 0.29) is 16.9 Å². The molecule has 1 aliphatic carbocycles. The first-order valence-corrected chi connectivity index (χ1v) is 7.02. The molecule has 0 unspecified atom stereocenters. The molecule has 3 heteroatoms. The van der Waals surface area contributed by atoms with Crippen molar-refractivity contribution >= 4 is 5.91 Å². The van der Waals surface area contributed by atoms with Crippen molar-refractivity contribution in [2.75, 3.05) is 19.7 Å². The maximum absolute atomic E-state index is 12.8. The number of amides is 1. The van der Waals surface area contributed by atoms with E-state index in [9.17, 15) is 4.79 Å². The molecule has 19 heavy (non-hydrogen) atoms. The summed E-state index contributed by atoms with van der Waals surface area (Å²) in [6.45, 7) is 6.16. The number of morpholine rings is 1. The molecule has 0 N–H and O–H groups in total. The van der Waals surface area contributed by atoms with Crippen LogP contribution in [0, 0.1) is 0 Å². The highest BCUT2D eigenvalue weighted by molar-refractivity contribution is 5.91. The summed E-state index contributed by atoms with van der Waals surface area (Å²) < 4.78 is 5.69. The molecule has 0 bridgehead atoms. The zero-order chi connectivity index (χ0) is 13.5. The van der Waals surface area contributed by atoms with Crippen LogP contribution in [0.15, 0.2) is 30.3 Å². The first-order valence-electron chi connectivity index (χ1n) is 7.02. The second-order valence-electron chi connectivity index (χ2n) is 6.28. The molecule has 3 nitrogen and oxygen atoms in total. The summed E-state index contributed by atoms with van der Waals surface area (Å²) in [6, 6.07) is 10.2. The van der Waals surface area contributed by atoms with Gasteiger partial charge in [0.2, 0.25) is 5.91 Å². The van der Waals surface area contributed by atoms with Crippen LogP contribution in [-0.4, -0.2) is 36.1 Å². The molecule has 0 atom stereocenters. The molecule has 1 heterocycles. The summed E-state index contributed by atoms with van der Waals surface area (Å²) in [4.78, 5) is 14.8. The number of rotatable bonds is 2. The van der Waals surface area contributed by atoms with E-state index in [1.807, 2.05) is 23.1 Å². The van der Waals surface area contributed by atoms with Gasteiger partial charge in [0.1, 0.15) is 0 Å². The van der Waals surface area contributed by atoms with Crippen LogP contribution in [-0.2, 0) is 14.9 Å². The van der Waals surface area contributed by atoms with Gasteiger partial charge in [0.25, 0.3) is 0 Å². The van der Waals surface area contributed by atoms with E-state index in [2.05, 4.69) is 26.0 Å². The van der Waals surface area contributed by atoms with Crippen molar-refractivity contribution in [2.24, 2.45) is 0 Å². The Morgan fingerprint density at radius 2 is 1.89 bits per heavy atom. The fourth-order valence-corrected chi connectivity index (χ4v) is 3.00. The molecule has 1 saturated carbocycles. The van der Waals surface area contributed by atoms with Crippen LogP contribution >= 0.6 is 0 Å². The second kappa shape index (κ2) is 4.34. The fourth-order valence-electron chi connectivity index (χ4n) is 3.00. The minimum absolute atomic E-state index is 0.222. The van der Waals surface area contributed by atoms with Gasteiger partial charge in [0.15, 0.2) is 0 Å². The van der Waals surface area contributed by atoms with Crippen LogP contribution in [0.4, 0.5) is 0 Å². The molecule has 2 aliphatic rings. The van der Waals surface area contributed by atoms with E-state index in [0.717, 1.165) is 19.4 Å². The molecule has 0 spiro atoms. The van der Waals surface area contributed by atoms with Gasteiger partial charge < -0.3 is 9.64 Å². The summed E-state index contributed by atoms with van der Waals surface area (Å²) in [7, 11) is 0. The Morgan fingerprint density at radius 1 is 1.21 bits per heavy atom. The number of carbonyl (C=O) groups excluding carboxylic acids is 1. The molecular weight excluding hydrogens is 238 g/mol. The third-order valence-electron chi connectivity index (χ3n) is 4.20. The topological polar surface area (TPSA) is 29.5 Å². The average molecular weight is 259 g/mol. The molecule has 102 valence electrons. The normalized spacial score (nSPS) is 24.0. The van der Waals surface area contributed by atoms with Gasteiger partial charge in [-0.1, -0.05) is 30.3 Å². The van der Waals surface area contributed by atoms with Crippen LogP contribution in [0.5, 0.6) is 0 Å². The highest BCUT2D eigenvalue weighted by atomic mass is 16.5. The lowest BCUT2D eigenvalue weighted by Crippen LogP contribution is -2.53. The fraction of sp³-hybridized carbons (Fsp3) is 0.562. The van der Waals surface area contributed by atoms with Gasteiger partial charge in [-0.05, 0) is 32.3 Å². The molecule has 0 aromatic heterocycles. The van der Waals surface area contributed by atoms with Gasteiger partial charge in [0.05, 0.1) is 17.6 Å². The lowest BCUT2D eigenvalue weighted by molar-refractivity contribution is -0.148. The molecule has 1 amide bonds. The van der Waals surface area contributed by atoms with E-state index in [1.165, 1.54) is 5.56 Å². The lowest BCUT2D eigenvalue weighted by atomic mass is 9.93. The van der Waals surface area contributed by atoms with E-state index in [0.29, 0.717) is 13.2 Å². The second-order valence-corrected chi connectivity index (χ2v) is 6.28. The Kier molecular flexibility index (Phi) is 2.90. The van der Waals surface area contributed by atoms with Gasteiger partial charge in [0, 0.05) is 13.1 Å². The number of carbonyl (C=O) groups is 1. The average Bonchev–Trinajstić information content (AvgIpc) is 3.19. The summed E-state index contributed by atoms with van der Waals surface area (Å²) >= 11 is 0. The predicted octanol–water partition coefficient (Wildman–Crippen LogP) is 2.36. The minimum Gasteiger partial charge on any atom is -0.372 e. The van der Waals surface area contributed by atoms with Crippen LogP contribution in [0.1, 0.15) is 32.3 Å². The van der Waals surface area contributed by atoms with Crippen LogP contribution < -0.4 is 0 Å². The molecule has 1 aromatic rings. The highest BCUT2D eigenvalue weighted by Gasteiger charge is 2.53. The van der Waals surface area contributed by atoms with Crippen molar-refractivity contribution in [3.05, 3.63) is 35.9 Å². The van der Waals surface area contributed by atoms with Crippen molar-refractivity contribution in [3.8, 4) is 0 Å². The van der Waals surface area contributed by atoms with Crippen molar-refractivity contribution in [1.29, 1.82) is 0 Å². The quantitative estimate of drug-likeness (QED) is 0.816. The maximum atomic E-state index is 12.8. The Bertz CT molecular complexity index is 477. The van der Waals surface area contributed by atoms with Gasteiger partial charge in [-0.15, -0.1) is 0 Å². The van der Waals surface area contributed by atoms with Crippen LogP contribution in [0.2, 0.25) is 0 Å². The molecule has 1 aromatic carbocycles. The van der Waals surface area contributed by atoms with E-state index in [1.54, 1.807) is 0 Å². The van der Waals surface area contributed by atoms with Gasteiger partial charge >= 0.3 is 0 Å². The third kappa shape index (κ3) is 2.27. The summed E-state index contributed by atoms with van der Waals surface area (Å²) in [5.74, 6) is 0.287. The first-order chi connectivity index (χ1) is 9.04. The van der Waals surface area contributed by atoms with Crippen molar-refractivity contribution in [3.63, 3.8) is 0 Å². The van der Waals surface area contributed by atoms with E-state index < -0.39 is 0 Å². The van der Waals surface area contributed by atoms with Crippen molar-refractivity contribution in [1.82, 2.24) is 4.90 Å². The van der Waals surface area contributed by atoms with Crippen LogP contribution in [0.3, 0.4) is 0 Å². The zero-order valence-corrected chi connectivity index (χ0v) is 11.7. The molecule has 1 aliphatic heterocycles. The smallest absolute Gasteiger partial charge is 0.233 e. The van der Waals surface area contributed by atoms with E-state index >= 15 is 0 Å². The zero-order valence-electron chi connectivity index (χ0n) is 11.7. The first kappa shape index (κ1) is 12.7. The summed E-state index contributed by atoms with van der Waals surface area (Å²) in [6.07, 6.45) is 1.96. The molecule has 2 fully saturated rings. The Balaban J connectivity index is 1.81. The Morgan fingerprint density at radius 3 is 2.47 bits per heavy atom. The largest absolute Gasteiger partial charge is 0.372 e. The van der Waals surface area contributed by atoms with Crippen LogP contribution in [0.25, 0.3) is 0 Å². The van der Waals surface area contributed by atoms with Gasteiger partial charge in [-0.25, -0.2) is 0 Å². The molecule has 1 saturated heterocycles. The van der Waals surface area contributed by atoms with Gasteiger partial charge in [-0.3, -0.25) is 4.79 Å². The van der Waals surface area contributed by atoms with Gasteiger partial charge in [-0.2, -0.15) is 0 Å². The highest BCUT2D eigenvalue weighted by Crippen LogP contribution is 2.49. The number of hydrogen-bond acceptors (Lipinski definition) is 2. The molecule has 3 rings (SSSR count). The Hall–Kier alpha value is -1.35. The molecule has 0 radical (unpaired) electrons. The van der Waals surface area contributed by atoms with Crippen molar-refractivity contribution in [2.45, 2.75) is 37.7 Å². The summed E-state index contributed by atoms with van der Waals surface area (Å²) in [5.41, 5.74) is 0.708. The summed E-state index contributed by atoms with van der Waals surface area (Å²) in [5, 5.41) is 0. The Labute approximate surface area is 114 Å². The number of ether oxygens (including phenoxy) is 1. The number of nitrogens with zero attached hydrogens (tertiary/aromatic N) is 1. The van der Waals surface area contributed by atoms with E-state index in [4.69, 9.17) is 4.74 Å². The number of benzene rings is 1. The predicted molar refractivity (Wildman–Crippen MR) is 74.0 cm³/mol. The monoisotopic (exact) mass is 259 g/mol. The third-order valence-corrected chi connectivity index (χ3v) is 4.20.